The van der Waals surface area contributed by atoms with Crippen molar-refractivity contribution in [2.75, 3.05) is 17.6 Å². The highest BCUT2D eigenvalue weighted by Crippen LogP contribution is 2.20. The van der Waals surface area contributed by atoms with Crippen molar-refractivity contribution in [3.63, 3.8) is 0 Å². The van der Waals surface area contributed by atoms with Crippen LogP contribution in [0.4, 0.5) is 11.5 Å². The fourth-order valence-electron chi connectivity index (χ4n) is 2.66. The van der Waals surface area contributed by atoms with Crippen LogP contribution >= 0.6 is 0 Å². The van der Waals surface area contributed by atoms with Crippen LogP contribution in [-0.4, -0.2) is 20.9 Å². The molecule has 0 unspecified atom stereocenters. The van der Waals surface area contributed by atoms with Crippen molar-refractivity contribution in [1.29, 1.82) is 0 Å². The van der Waals surface area contributed by atoms with Gasteiger partial charge in [0, 0.05) is 13.6 Å². The van der Waals surface area contributed by atoms with Gasteiger partial charge in [-0.2, -0.15) is 0 Å². The maximum absolute atomic E-state index is 12.2. The van der Waals surface area contributed by atoms with Gasteiger partial charge in [0.25, 0.3) is 11.4 Å². The van der Waals surface area contributed by atoms with Crippen LogP contribution in [0.15, 0.2) is 47.5 Å². The number of H-pyrrole nitrogens is 1. The summed E-state index contributed by atoms with van der Waals surface area (Å²) in [6.07, 6.45) is 4.65. The van der Waals surface area contributed by atoms with Crippen LogP contribution in [0.1, 0.15) is 5.82 Å². The lowest BCUT2D eigenvalue weighted by atomic mass is 10.3. The van der Waals surface area contributed by atoms with Gasteiger partial charge >= 0.3 is 0 Å². The van der Waals surface area contributed by atoms with Crippen LogP contribution in [0, 0.1) is 0 Å². The molecule has 0 aliphatic heterocycles. The first-order valence-corrected chi connectivity index (χ1v) is 7.48. The molecule has 23 heavy (non-hydrogen) atoms. The zero-order valence-electron chi connectivity index (χ0n) is 13.3. The van der Waals surface area contributed by atoms with Crippen LogP contribution < -0.4 is 21.2 Å². The number of aromatic nitrogens is 4. The largest absolute Gasteiger partial charge is 0.391 e. The first-order valence-electron chi connectivity index (χ1n) is 7.48. The number of imidazole rings is 1. The quantitative estimate of drug-likeness (QED) is 0.602. The molecule has 0 amide bonds. The van der Waals surface area contributed by atoms with E-state index in [1.165, 1.54) is 4.68 Å². The smallest absolute Gasteiger partial charge is 0.292 e. The standard InChI is InChI=1S/C16H20N6O/c1-20-11-10-18-13(20)8-9-19-15-14(17)16(23)21(2)22(15)12-6-4-3-5-7-12/h3-7,10-11H,8-9,17H2,1-2H3,(H,19,23)/p+1. The van der Waals surface area contributed by atoms with Crippen molar-refractivity contribution in [3.8, 4) is 5.69 Å². The Morgan fingerprint density at radius 2 is 2.04 bits per heavy atom. The lowest BCUT2D eigenvalue weighted by molar-refractivity contribution is -0.677. The number of nitrogens with zero attached hydrogens (tertiary/aromatic N) is 3. The van der Waals surface area contributed by atoms with Gasteiger partial charge in [-0.05, 0) is 12.1 Å². The summed E-state index contributed by atoms with van der Waals surface area (Å²) >= 11 is 0. The number of anilines is 2. The second-order valence-electron chi connectivity index (χ2n) is 5.43. The van der Waals surface area contributed by atoms with E-state index in [0.29, 0.717) is 12.4 Å². The van der Waals surface area contributed by atoms with Gasteiger partial charge in [0.1, 0.15) is 18.1 Å². The molecule has 1 aromatic carbocycles. The van der Waals surface area contributed by atoms with Crippen LogP contribution in [0.3, 0.4) is 0 Å². The molecular formula is C16H21N6O+. The summed E-state index contributed by atoms with van der Waals surface area (Å²) in [5, 5.41) is 3.29. The Balaban J connectivity index is 1.88. The number of aryl methyl sites for hydroxylation is 1. The molecule has 0 saturated heterocycles. The van der Waals surface area contributed by atoms with Crippen molar-refractivity contribution < 1.29 is 4.57 Å². The summed E-state index contributed by atoms with van der Waals surface area (Å²) in [5.74, 6) is 1.72. The zero-order valence-corrected chi connectivity index (χ0v) is 13.3. The molecule has 0 atom stereocenters. The Labute approximate surface area is 134 Å². The number of aromatic amines is 1. The molecule has 0 radical (unpaired) electrons. The van der Waals surface area contributed by atoms with Crippen molar-refractivity contribution in [2.45, 2.75) is 6.42 Å². The molecule has 0 spiro atoms. The Morgan fingerprint density at radius 1 is 1.30 bits per heavy atom. The van der Waals surface area contributed by atoms with Gasteiger partial charge in [0.05, 0.1) is 19.2 Å². The van der Waals surface area contributed by atoms with E-state index in [9.17, 15) is 4.79 Å². The monoisotopic (exact) mass is 313 g/mol. The molecule has 7 nitrogen and oxygen atoms in total. The predicted molar refractivity (Wildman–Crippen MR) is 89.6 cm³/mol. The first kappa shape index (κ1) is 15.0. The molecule has 0 aliphatic carbocycles. The van der Waals surface area contributed by atoms with Crippen LogP contribution in [-0.2, 0) is 20.5 Å². The lowest BCUT2D eigenvalue weighted by Crippen LogP contribution is -2.31. The van der Waals surface area contributed by atoms with Gasteiger partial charge in [-0.25, -0.2) is 18.9 Å². The lowest BCUT2D eigenvalue weighted by Gasteiger charge is -2.13. The number of hydrogen-bond acceptors (Lipinski definition) is 3. The van der Waals surface area contributed by atoms with Crippen molar-refractivity contribution in [1.82, 2.24) is 14.3 Å². The molecule has 0 aliphatic rings. The Kier molecular flexibility index (Phi) is 3.92. The van der Waals surface area contributed by atoms with Crippen molar-refractivity contribution >= 4 is 11.5 Å². The highest BCUT2D eigenvalue weighted by molar-refractivity contribution is 5.64. The minimum atomic E-state index is -0.207. The molecule has 4 N–H and O–H groups in total. The number of hydrogen-bond donors (Lipinski definition) is 3. The number of rotatable bonds is 5. The van der Waals surface area contributed by atoms with E-state index in [-0.39, 0.29) is 11.2 Å². The molecule has 0 bridgehead atoms. The van der Waals surface area contributed by atoms with Crippen LogP contribution in [0.2, 0.25) is 0 Å². The van der Waals surface area contributed by atoms with E-state index in [0.717, 1.165) is 17.9 Å². The van der Waals surface area contributed by atoms with Gasteiger partial charge in [-0.1, -0.05) is 18.2 Å². The maximum Gasteiger partial charge on any atom is 0.292 e. The summed E-state index contributed by atoms with van der Waals surface area (Å²) in [4.78, 5) is 15.4. The van der Waals surface area contributed by atoms with E-state index < -0.39 is 0 Å². The normalized spacial score (nSPS) is 10.9. The highest BCUT2D eigenvalue weighted by atomic mass is 16.1. The Morgan fingerprint density at radius 3 is 2.70 bits per heavy atom. The number of para-hydroxylation sites is 1. The number of nitrogens with one attached hydrogen (secondary N) is 2. The topological polar surface area (TPSA) is 84.7 Å². The summed E-state index contributed by atoms with van der Waals surface area (Å²) in [7, 11) is 3.70. The molecule has 7 heteroatoms. The zero-order chi connectivity index (χ0) is 16.4. The third-order valence-electron chi connectivity index (χ3n) is 3.92. The second kappa shape index (κ2) is 6.04. The van der Waals surface area contributed by atoms with E-state index in [2.05, 4.69) is 10.3 Å². The number of nitrogens with two attached hydrogens (primary N) is 1. The van der Waals surface area contributed by atoms with Gasteiger partial charge in [0.15, 0.2) is 5.82 Å². The van der Waals surface area contributed by atoms with Crippen LogP contribution in [0.25, 0.3) is 5.69 Å². The number of benzene rings is 1. The average molecular weight is 313 g/mol. The fourth-order valence-corrected chi connectivity index (χ4v) is 2.66. The Bertz CT molecular complexity index is 859. The van der Waals surface area contributed by atoms with Crippen molar-refractivity contribution in [3.05, 3.63) is 58.9 Å². The summed E-state index contributed by atoms with van der Waals surface area (Å²) in [5.41, 5.74) is 6.91. The number of nitrogen functional groups attached to an aromatic ring is 1. The van der Waals surface area contributed by atoms with E-state index in [1.807, 2.05) is 54.3 Å². The molecule has 0 fully saturated rings. The summed E-state index contributed by atoms with van der Waals surface area (Å²) in [6, 6.07) is 9.67. The fraction of sp³-hybridized carbons (Fsp3) is 0.250. The predicted octanol–water partition coefficient (Wildman–Crippen LogP) is 0.565. The van der Waals surface area contributed by atoms with Gasteiger partial charge in [-0.3, -0.25) is 4.79 Å². The molecule has 120 valence electrons. The molecule has 3 rings (SSSR count). The minimum absolute atomic E-state index is 0.207. The molecule has 0 saturated carbocycles. The Hall–Kier alpha value is -2.96. The molecule has 2 heterocycles. The molecule has 2 aromatic heterocycles. The van der Waals surface area contributed by atoms with Gasteiger partial charge in [-0.15, -0.1) is 0 Å². The third kappa shape index (κ3) is 2.73. The maximum atomic E-state index is 12.2. The second-order valence-corrected chi connectivity index (χ2v) is 5.43. The summed E-state index contributed by atoms with van der Waals surface area (Å²) in [6.45, 7) is 0.662. The summed E-state index contributed by atoms with van der Waals surface area (Å²) < 4.78 is 5.34. The van der Waals surface area contributed by atoms with Crippen LogP contribution in [0.5, 0.6) is 0 Å². The van der Waals surface area contributed by atoms with Gasteiger partial charge in [0.2, 0.25) is 0 Å². The first-order chi connectivity index (χ1) is 11.1. The van der Waals surface area contributed by atoms with E-state index in [4.69, 9.17) is 5.73 Å². The van der Waals surface area contributed by atoms with Gasteiger partial charge < -0.3 is 11.1 Å². The molecular weight excluding hydrogens is 292 g/mol. The van der Waals surface area contributed by atoms with E-state index in [1.54, 1.807) is 11.7 Å². The third-order valence-corrected chi connectivity index (χ3v) is 3.92. The molecule has 3 aromatic rings. The van der Waals surface area contributed by atoms with Crippen molar-refractivity contribution in [2.24, 2.45) is 14.1 Å². The van der Waals surface area contributed by atoms with E-state index >= 15 is 0 Å². The minimum Gasteiger partial charge on any atom is -0.391 e. The average Bonchev–Trinajstić information content (AvgIpc) is 3.06. The highest BCUT2D eigenvalue weighted by Gasteiger charge is 2.17. The SMILES string of the molecule is Cn1c(=O)c(N)c(NCCc2[nH]cc[n+]2C)n1-c1ccccc1.